The number of aromatic nitrogens is 2. The van der Waals surface area contributed by atoms with Crippen molar-refractivity contribution in [1.82, 2.24) is 9.55 Å². The molecule has 0 N–H and O–H groups in total. The van der Waals surface area contributed by atoms with Gasteiger partial charge in [-0.2, -0.15) is 0 Å². The first kappa shape index (κ1) is 11.1. The topological polar surface area (TPSA) is 34.9 Å². The third-order valence-electron chi connectivity index (χ3n) is 2.64. The molecule has 0 saturated heterocycles. The fourth-order valence-electron chi connectivity index (χ4n) is 1.73. The van der Waals surface area contributed by atoms with Crippen molar-refractivity contribution < 1.29 is 4.79 Å². The zero-order chi connectivity index (χ0) is 11.7. The lowest BCUT2D eigenvalue weighted by molar-refractivity contribution is -0.117. The predicted molar refractivity (Wildman–Crippen MR) is 64.7 cm³/mol. The average molecular weight is 237 g/mol. The Morgan fingerprint density at radius 2 is 2.25 bits per heavy atom. The van der Waals surface area contributed by atoms with Crippen molar-refractivity contribution in [3.8, 4) is 0 Å². The van der Waals surface area contributed by atoms with Gasteiger partial charge >= 0.3 is 0 Å². The third kappa shape index (κ3) is 2.09. The van der Waals surface area contributed by atoms with E-state index in [-0.39, 0.29) is 5.78 Å². The van der Waals surface area contributed by atoms with E-state index in [0.29, 0.717) is 17.9 Å². The summed E-state index contributed by atoms with van der Waals surface area (Å²) < 4.78 is 2.01. The Balaban J connectivity index is 2.39. The second-order valence-corrected chi connectivity index (χ2v) is 4.36. The van der Waals surface area contributed by atoms with E-state index in [1.54, 1.807) is 6.92 Å². The van der Waals surface area contributed by atoms with Gasteiger partial charge in [-0.3, -0.25) is 0 Å². The summed E-state index contributed by atoms with van der Waals surface area (Å²) in [6, 6.07) is 5.64. The van der Waals surface area contributed by atoms with Crippen molar-refractivity contribution in [2.45, 2.75) is 19.8 Å². The van der Waals surface area contributed by atoms with Gasteiger partial charge in [-0.15, -0.1) is 0 Å². The number of hydrogen-bond acceptors (Lipinski definition) is 2. The SMILES string of the molecule is CC(=O)CCc1nc2cc(Cl)ccc2n1C. The Labute approximate surface area is 99.0 Å². The van der Waals surface area contributed by atoms with Gasteiger partial charge in [0.1, 0.15) is 11.6 Å². The van der Waals surface area contributed by atoms with Crippen LogP contribution >= 0.6 is 11.6 Å². The number of ketones is 1. The smallest absolute Gasteiger partial charge is 0.130 e. The van der Waals surface area contributed by atoms with Gasteiger partial charge in [0.05, 0.1) is 11.0 Å². The molecule has 2 rings (SSSR count). The summed E-state index contributed by atoms with van der Waals surface area (Å²) in [4.78, 5) is 15.4. The molecule has 4 heteroatoms. The molecule has 0 amide bonds. The van der Waals surface area contributed by atoms with Crippen LogP contribution in [0, 0.1) is 0 Å². The fraction of sp³-hybridized carbons (Fsp3) is 0.333. The number of halogens is 1. The minimum absolute atomic E-state index is 0.185. The number of rotatable bonds is 3. The summed E-state index contributed by atoms with van der Waals surface area (Å²) in [5, 5.41) is 0.684. The van der Waals surface area contributed by atoms with Crippen LogP contribution in [0.25, 0.3) is 11.0 Å². The monoisotopic (exact) mass is 236 g/mol. The number of Topliss-reactive ketones (excluding diaryl/α,β-unsaturated/α-hetero) is 1. The molecule has 0 bridgehead atoms. The molecule has 0 aliphatic rings. The highest BCUT2D eigenvalue weighted by Crippen LogP contribution is 2.20. The van der Waals surface area contributed by atoms with Crippen LogP contribution in [0.3, 0.4) is 0 Å². The largest absolute Gasteiger partial charge is 0.331 e. The summed E-state index contributed by atoms with van der Waals surface area (Å²) in [6.07, 6.45) is 1.21. The molecule has 0 aliphatic carbocycles. The maximum atomic E-state index is 10.9. The first-order chi connectivity index (χ1) is 7.58. The van der Waals surface area contributed by atoms with E-state index in [1.807, 2.05) is 29.8 Å². The minimum atomic E-state index is 0.185. The van der Waals surface area contributed by atoms with Crippen LogP contribution in [0.5, 0.6) is 0 Å². The van der Waals surface area contributed by atoms with Gasteiger partial charge < -0.3 is 9.36 Å². The number of benzene rings is 1. The van der Waals surface area contributed by atoms with Gasteiger partial charge in [-0.05, 0) is 25.1 Å². The standard InChI is InChI=1S/C12H13ClN2O/c1-8(16)3-6-12-14-10-7-9(13)4-5-11(10)15(12)2/h4-5,7H,3,6H2,1-2H3. The Kier molecular flexibility index (Phi) is 2.97. The number of imidazole rings is 1. The highest BCUT2D eigenvalue weighted by molar-refractivity contribution is 6.31. The third-order valence-corrected chi connectivity index (χ3v) is 2.87. The zero-order valence-corrected chi connectivity index (χ0v) is 10.1. The first-order valence-corrected chi connectivity index (χ1v) is 5.56. The molecule has 0 unspecified atom stereocenters. The fourth-order valence-corrected chi connectivity index (χ4v) is 1.90. The van der Waals surface area contributed by atoms with Crippen LogP contribution in [-0.4, -0.2) is 15.3 Å². The minimum Gasteiger partial charge on any atom is -0.331 e. The summed E-state index contributed by atoms with van der Waals surface area (Å²) in [5.41, 5.74) is 1.93. The molecule has 16 heavy (non-hydrogen) atoms. The van der Waals surface area contributed by atoms with E-state index >= 15 is 0 Å². The molecular formula is C12H13ClN2O. The lowest BCUT2D eigenvalue weighted by Crippen LogP contribution is -2.01. The molecule has 1 aromatic carbocycles. The van der Waals surface area contributed by atoms with E-state index in [1.165, 1.54) is 0 Å². The van der Waals surface area contributed by atoms with Crippen LogP contribution in [0.2, 0.25) is 5.02 Å². The van der Waals surface area contributed by atoms with Gasteiger partial charge in [-0.25, -0.2) is 4.98 Å². The van der Waals surface area contributed by atoms with Crippen molar-refractivity contribution in [2.75, 3.05) is 0 Å². The van der Waals surface area contributed by atoms with Gasteiger partial charge in [-0.1, -0.05) is 11.6 Å². The predicted octanol–water partition coefficient (Wildman–Crippen LogP) is 2.75. The number of aryl methyl sites for hydroxylation is 2. The van der Waals surface area contributed by atoms with Crippen LogP contribution in [0.4, 0.5) is 0 Å². The maximum Gasteiger partial charge on any atom is 0.130 e. The Hall–Kier alpha value is -1.35. The Morgan fingerprint density at radius 1 is 1.50 bits per heavy atom. The lowest BCUT2D eigenvalue weighted by Gasteiger charge is -2.00. The van der Waals surface area contributed by atoms with Crippen molar-refractivity contribution in [3.63, 3.8) is 0 Å². The van der Waals surface area contributed by atoms with Crippen LogP contribution < -0.4 is 0 Å². The van der Waals surface area contributed by atoms with Crippen LogP contribution in [0.1, 0.15) is 19.2 Å². The molecule has 1 aromatic heterocycles. The zero-order valence-electron chi connectivity index (χ0n) is 9.33. The lowest BCUT2D eigenvalue weighted by atomic mass is 10.2. The molecule has 0 saturated carbocycles. The molecular weight excluding hydrogens is 224 g/mol. The summed E-state index contributed by atoms with van der Waals surface area (Å²) in [6.45, 7) is 1.60. The average Bonchev–Trinajstić information content (AvgIpc) is 2.52. The summed E-state index contributed by atoms with van der Waals surface area (Å²) >= 11 is 5.90. The quantitative estimate of drug-likeness (QED) is 0.822. The maximum absolute atomic E-state index is 10.9. The first-order valence-electron chi connectivity index (χ1n) is 5.18. The summed E-state index contributed by atoms with van der Waals surface area (Å²) in [7, 11) is 1.96. The molecule has 0 radical (unpaired) electrons. The number of fused-ring (bicyclic) bond motifs is 1. The van der Waals surface area contributed by atoms with E-state index in [4.69, 9.17) is 11.6 Å². The second-order valence-electron chi connectivity index (χ2n) is 3.92. The summed E-state index contributed by atoms with van der Waals surface area (Å²) in [5.74, 6) is 1.11. The van der Waals surface area contributed by atoms with Gasteiger partial charge in [0.2, 0.25) is 0 Å². The Morgan fingerprint density at radius 3 is 2.94 bits per heavy atom. The Bertz CT molecular complexity index is 545. The number of carbonyl (C=O) groups excluding carboxylic acids is 1. The molecule has 1 heterocycles. The number of nitrogens with zero attached hydrogens (tertiary/aromatic N) is 2. The van der Waals surface area contributed by atoms with E-state index in [2.05, 4.69) is 4.98 Å². The molecule has 3 nitrogen and oxygen atoms in total. The number of hydrogen-bond donors (Lipinski definition) is 0. The van der Waals surface area contributed by atoms with Crippen molar-refractivity contribution >= 4 is 28.4 Å². The van der Waals surface area contributed by atoms with Crippen molar-refractivity contribution in [3.05, 3.63) is 29.0 Å². The van der Waals surface area contributed by atoms with E-state index in [9.17, 15) is 4.79 Å². The highest BCUT2D eigenvalue weighted by Gasteiger charge is 2.08. The molecule has 0 fully saturated rings. The molecule has 0 atom stereocenters. The van der Waals surface area contributed by atoms with Crippen LogP contribution in [0.15, 0.2) is 18.2 Å². The van der Waals surface area contributed by atoms with Gasteiger partial charge in [0, 0.05) is 24.9 Å². The molecule has 2 aromatic rings. The molecule has 0 spiro atoms. The van der Waals surface area contributed by atoms with E-state index in [0.717, 1.165) is 16.9 Å². The normalized spacial score (nSPS) is 10.9. The van der Waals surface area contributed by atoms with Crippen molar-refractivity contribution in [1.29, 1.82) is 0 Å². The van der Waals surface area contributed by atoms with Crippen molar-refractivity contribution in [2.24, 2.45) is 7.05 Å². The number of carbonyl (C=O) groups is 1. The van der Waals surface area contributed by atoms with Crippen LogP contribution in [-0.2, 0) is 18.3 Å². The van der Waals surface area contributed by atoms with Gasteiger partial charge in [0.15, 0.2) is 0 Å². The van der Waals surface area contributed by atoms with Gasteiger partial charge in [0.25, 0.3) is 0 Å². The molecule has 84 valence electrons. The molecule has 0 aliphatic heterocycles. The second kappa shape index (κ2) is 4.26. The highest BCUT2D eigenvalue weighted by atomic mass is 35.5. The van der Waals surface area contributed by atoms with E-state index < -0.39 is 0 Å².